The molecule has 0 aliphatic rings. The van der Waals surface area contributed by atoms with E-state index in [4.69, 9.17) is 5.73 Å². The molecule has 0 radical (unpaired) electrons. The van der Waals surface area contributed by atoms with Crippen LogP contribution >= 0.6 is 0 Å². The normalized spacial score (nSPS) is 14.8. The number of nitrogens with zero attached hydrogens (tertiary/aromatic N) is 1. The van der Waals surface area contributed by atoms with Crippen LogP contribution in [0.3, 0.4) is 0 Å². The van der Waals surface area contributed by atoms with Crippen molar-refractivity contribution < 1.29 is 9.90 Å². The number of carbonyl (C=O) groups is 1. The van der Waals surface area contributed by atoms with Gasteiger partial charge in [-0.05, 0) is 26.2 Å². The number of likely N-dealkylation sites (N-methyl/N-ethyl adjacent to an activating group) is 1. The molecule has 0 fully saturated rings. The molecular weight excluding hydrogens is 204 g/mol. The van der Waals surface area contributed by atoms with Crippen molar-refractivity contribution in [1.29, 1.82) is 0 Å². The van der Waals surface area contributed by atoms with Crippen molar-refractivity contribution in [3.05, 3.63) is 0 Å². The van der Waals surface area contributed by atoms with E-state index in [1.54, 1.807) is 18.7 Å². The highest BCUT2D eigenvalue weighted by Gasteiger charge is 2.32. The molecule has 1 atom stereocenters. The second-order valence-corrected chi connectivity index (χ2v) is 6.01. The Morgan fingerprint density at radius 2 is 1.75 bits per heavy atom. The van der Waals surface area contributed by atoms with Crippen molar-refractivity contribution in [2.24, 2.45) is 11.1 Å². The topological polar surface area (TPSA) is 66.6 Å². The van der Waals surface area contributed by atoms with Crippen LogP contribution in [0.2, 0.25) is 0 Å². The SMILES string of the molecule is CCN(CC(C)(C)O)C(=O)[C@@H](N)C(C)(C)C. The number of rotatable bonds is 4. The van der Waals surface area contributed by atoms with E-state index in [0.29, 0.717) is 13.1 Å². The molecule has 0 saturated carbocycles. The lowest BCUT2D eigenvalue weighted by atomic mass is 9.86. The van der Waals surface area contributed by atoms with Crippen LogP contribution in [-0.4, -0.2) is 40.6 Å². The highest BCUT2D eigenvalue weighted by atomic mass is 16.3. The maximum atomic E-state index is 12.1. The molecule has 0 aromatic rings. The molecule has 0 aromatic carbocycles. The van der Waals surface area contributed by atoms with E-state index in [-0.39, 0.29) is 11.3 Å². The summed E-state index contributed by atoms with van der Waals surface area (Å²) in [6.45, 7) is 11.9. The van der Waals surface area contributed by atoms with Crippen molar-refractivity contribution in [3.8, 4) is 0 Å². The Hall–Kier alpha value is -0.610. The summed E-state index contributed by atoms with van der Waals surface area (Å²) < 4.78 is 0. The van der Waals surface area contributed by atoms with Gasteiger partial charge in [-0.15, -0.1) is 0 Å². The zero-order valence-electron chi connectivity index (χ0n) is 11.4. The molecule has 4 nitrogen and oxygen atoms in total. The summed E-state index contributed by atoms with van der Waals surface area (Å²) in [5.41, 5.74) is 4.77. The van der Waals surface area contributed by atoms with Crippen LogP contribution in [-0.2, 0) is 4.79 Å². The van der Waals surface area contributed by atoms with E-state index < -0.39 is 11.6 Å². The molecule has 0 unspecified atom stereocenters. The van der Waals surface area contributed by atoms with Crippen molar-refractivity contribution in [2.45, 2.75) is 53.2 Å². The monoisotopic (exact) mass is 230 g/mol. The first-order valence-electron chi connectivity index (χ1n) is 5.76. The van der Waals surface area contributed by atoms with Gasteiger partial charge in [0.1, 0.15) is 0 Å². The molecule has 3 N–H and O–H groups in total. The quantitative estimate of drug-likeness (QED) is 0.756. The second kappa shape index (κ2) is 5.15. The van der Waals surface area contributed by atoms with Crippen molar-refractivity contribution in [1.82, 2.24) is 4.90 Å². The molecule has 96 valence electrons. The Kier molecular flexibility index (Phi) is 4.95. The fraction of sp³-hybridized carbons (Fsp3) is 0.917. The van der Waals surface area contributed by atoms with Crippen LogP contribution < -0.4 is 5.73 Å². The molecule has 0 bridgehead atoms. The van der Waals surface area contributed by atoms with Crippen LogP contribution in [0.4, 0.5) is 0 Å². The number of nitrogens with two attached hydrogens (primary N) is 1. The molecule has 16 heavy (non-hydrogen) atoms. The molecule has 0 aliphatic carbocycles. The average molecular weight is 230 g/mol. The summed E-state index contributed by atoms with van der Waals surface area (Å²) >= 11 is 0. The predicted molar refractivity (Wildman–Crippen MR) is 66.0 cm³/mol. The maximum Gasteiger partial charge on any atom is 0.240 e. The number of hydrogen-bond donors (Lipinski definition) is 2. The molecule has 0 aromatic heterocycles. The minimum Gasteiger partial charge on any atom is -0.389 e. The third-order valence-electron chi connectivity index (χ3n) is 2.47. The average Bonchev–Trinajstić information content (AvgIpc) is 2.08. The van der Waals surface area contributed by atoms with E-state index in [2.05, 4.69) is 0 Å². The molecule has 1 amide bonds. The van der Waals surface area contributed by atoms with Gasteiger partial charge in [-0.1, -0.05) is 20.8 Å². The highest BCUT2D eigenvalue weighted by Crippen LogP contribution is 2.19. The van der Waals surface area contributed by atoms with E-state index in [9.17, 15) is 9.90 Å². The minimum absolute atomic E-state index is 0.0999. The van der Waals surface area contributed by atoms with Crippen LogP contribution in [0.15, 0.2) is 0 Å². The van der Waals surface area contributed by atoms with Gasteiger partial charge in [0.15, 0.2) is 0 Å². The number of aliphatic hydroxyl groups is 1. The Morgan fingerprint density at radius 3 is 2.00 bits per heavy atom. The molecule has 0 heterocycles. The number of amides is 1. The summed E-state index contributed by atoms with van der Waals surface area (Å²) in [5, 5.41) is 9.72. The van der Waals surface area contributed by atoms with Crippen LogP contribution in [0.25, 0.3) is 0 Å². The van der Waals surface area contributed by atoms with Gasteiger partial charge in [-0.2, -0.15) is 0 Å². The third kappa shape index (κ3) is 4.94. The van der Waals surface area contributed by atoms with Crippen LogP contribution in [0.1, 0.15) is 41.5 Å². The van der Waals surface area contributed by atoms with Gasteiger partial charge in [-0.3, -0.25) is 4.79 Å². The zero-order valence-corrected chi connectivity index (χ0v) is 11.4. The molecule has 0 aliphatic heterocycles. The van der Waals surface area contributed by atoms with Crippen molar-refractivity contribution >= 4 is 5.91 Å². The minimum atomic E-state index is -0.886. The Morgan fingerprint density at radius 1 is 1.31 bits per heavy atom. The van der Waals surface area contributed by atoms with Crippen molar-refractivity contribution in [3.63, 3.8) is 0 Å². The molecule has 0 spiro atoms. The summed E-state index contributed by atoms with van der Waals surface area (Å²) in [5.74, 6) is -0.0999. The summed E-state index contributed by atoms with van der Waals surface area (Å²) in [6, 6.07) is -0.533. The summed E-state index contributed by atoms with van der Waals surface area (Å²) in [6.07, 6.45) is 0. The van der Waals surface area contributed by atoms with Crippen molar-refractivity contribution in [2.75, 3.05) is 13.1 Å². The van der Waals surface area contributed by atoms with Gasteiger partial charge in [-0.25, -0.2) is 0 Å². The predicted octanol–water partition coefficient (Wildman–Crippen LogP) is 0.979. The zero-order chi connectivity index (χ0) is 13.1. The van der Waals surface area contributed by atoms with E-state index >= 15 is 0 Å². The lowest BCUT2D eigenvalue weighted by Crippen LogP contribution is -2.53. The fourth-order valence-electron chi connectivity index (χ4n) is 1.38. The second-order valence-electron chi connectivity index (χ2n) is 6.01. The van der Waals surface area contributed by atoms with Gasteiger partial charge in [0.25, 0.3) is 0 Å². The van der Waals surface area contributed by atoms with E-state index in [1.165, 1.54) is 0 Å². The first-order valence-corrected chi connectivity index (χ1v) is 5.76. The molecule has 4 heteroatoms. The van der Waals surface area contributed by atoms with Gasteiger partial charge >= 0.3 is 0 Å². The highest BCUT2D eigenvalue weighted by molar-refractivity contribution is 5.82. The summed E-state index contributed by atoms with van der Waals surface area (Å²) in [4.78, 5) is 13.7. The Balaban J connectivity index is 4.67. The molecular formula is C12H26N2O2. The smallest absolute Gasteiger partial charge is 0.240 e. The number of carbonyl (C=O) groups excluding carboxylic acids is 1. The van der Waals surface area contributed by atoms with Gasteiger partial charge in [0.05, 0.1) is 11.6 Å². The first kappa shape index (κ1) is 15.4. The standard InChI is InChI=1S/C12H26N2O2/c1-7-14(8-12(5,6)16)10(15)9(13)11(2,3)4/h9,16H,7-8,13H2,1-6H3/t9-/m1/s1. The van der Waals surface area contributed by atoms with Gasteiger partial charge < -0.3 is 15.7 Å². The third-order valence-corrected chi connectivity index (χ3v) is 2.47. The van der Waals surface area contributed by atoms with Crippen LogP contribution in [0, 0.1) is 5.41 Å². The largest absolute Gasteiger partial charge is 0.389 e. The van der Waals surface area contributed by atoms with Gasteiger partial charge in [0.2, 0.25) is 5.91 Å². The van der Waals surface area contributed by atoms with E-state index in [1.807, 2.05) is 27.7 Å². The molecule has 0 saturated heterocycles. The number of hydrogen-bond acceptors (Lipinski definition) is 3. The first-order chi connectivity index (χ1) is 6.99. The van der Waals surface area contributed by atoms with E-state index in [0.717, 1.165) is 0 Å². The lowest BCUT2D eigenvalue weighted by Gasteiger charge is -2.34. The Labute approximate surface area is 98.8 Å². The maximum absolute atomic E-state index is 12.1. The Bertz CT molecular complexity index is 238. The lowest BCUT2D eigenvalue weighted by molar-refractivity contribution is -0.137. The van der Waals surface area contributed by atoms with Gasteiger partial charge in [0, 0.05) is 13.1 Å². The van der Waals surface area contributed by atoms with Crippen LogP contribution in [0.5, 0.6) is 0 Å². The molecule has 0 rings (SSSR count). The fourth-order valence-corrected chi connectivity index (χ4v) is 1.38. The summed E-state index contributed by atoms with van der Waals surface area (Å²) in [7, 11) is 0.